The van der Waals surface area contributed by atoms with Crippen molar-refractivity contribution in [3.05, 3.63) is 34.4 Å². The maximum absolute atomic E-state index is 11.1. The molecule has 0 fully saturated rings. The van der Waals surface area contributed by atoms with Gasteiger partial charge in [0, 0.05) is 5.56 Å². The minimum atomic E-state index is -1.35. The van der Waals surface area contributed by atoms with Gasteiger partial charge in [-0.25, -0.2) is 14.4 Å². The molecule has 6 heteroatoms. The van der Waals surface area contributed by atoms with Gasteiger partial charge in [0.1, 0.15) is 0 Å². The molecule has 1 aromatic carbocycles. The monoisotopic (exact) mass is 220 g/mol. The van der Waals surface area contributed by atoms with Gasteiger partial charge in [-0.05, 0) is 12.1 Å². The zero-order chi connectivity index (χ0) is 11.9. The SMILES string of the molecule is O=Cc1cc2c(cc1C(=O)O)C(=O)OC2=O. The molecule has 0 aliphatic carbocycles. The van der Waals surface area contributed by atoms with Gasteiger partial charge in [0.2, 0.25) is 0 Å². The Morgan fingerprint density at radius 1 is 1.19 bits per heavy atom. The normalized spacial score (nSPS) is 13.2. The summed E-state index contributed by atoms with van der Waals surface area (Å²) >= 11 is 0. The zero-order valence-electron chi connectivity index (χ0n) is 7.72. The summed E-state index contributed by atoms with van der Waals surface area (Å²) in [6, 6.07) is 2.01. The molecule has 0 saturated heterocycles. The van der Waals surface area contributed by atoms with Gasteiger partial charge in [-0.15, -0.1) is 0 Å². The van der Waals surface area contributed by atoms with E-state index in [1.165, 1.54) is 0 Å². The summed E-state index contributed by atoms with van der Waals surface area (Å²) in [4.78, 5) is 43.6. The van der Waals surface area contributed by atoms with Gasteiger partial charge in [-0.3, -0.25) is 4.79 Å². The number of aldehydes is 1. The fraction of sp³-hybridized carbons (Fsp3) is 0. The predicted molar refractivity (Wildman–Crippen MR) is 48.5 cm³/mol. The van der Waals surface area contributed by atoms with Crippen LogP contribution in [-0.2, 0) is 4.74 Å². The fourth-order valence-corrected chi connectivity index (χ4v) is 1.43. The van der Waals surface area contributed by atoms with E-state index in [1.54, 1.807) is 0 Å². The van der Waals surface area contributed by atoms with Crippen molar-refractivity contribution in [1.82, 2.24) is 0 Å². The number of carboxylic acids is 1. The predicted octanol–water partition coefficient (Wildman–Crippen LogP) is 0.508. The van der Waals surface area contributed by atoms with Gasteiger partial charge in [0.05, 0.1) is 16.7 Å². The second-order valence-electron chi connectivity index (χ2n) is 3.09. The summed E-state index contributed by atoms with van der Waals surface area (Å²) in [5, 5.41) is 8.78. The molecular formula is C10H4O6. The number of aromatic carboxylic acids is 1. The third-order valence-electron chi connectivity index (χ3n) is 2.17. The number of rotatable bonds is 2. The number of carbonyl (C=O) groups excluding carboxylic acids is 3. The van der Waals surface area contributed by atoms with Crippen LogP contribution in [-0.4, -0.2) is 29.3 Å². The van der Waals surface area contributed by atoms with E-state index in [0.29, 0.717) is 6.29 Å². The van der Waals surface area contributed by atoms with Crippen LogP contribution in [0.15, 0.2) is 12.1 Å². The van der Waals surface area contributed by atoms with E-state index in [0.717, 1.165) is 12.1 Å². The summed E-state index contributed by atoms with van der Waals surface area (Å²) < 4.78 is 4.28. The molecule has 0 aromatic heterocycles. The third-order valence-corrected chi connectivity index (χ3v) is 2.17. The van der Waals surface area contributed by atoms with Crippen LogP contribution >= 0.6 is 0 Å². The maximum atomic E-state index is 11.1. The van der Waals surface area contributed by atoms with Gasteiger partial charge >= 0.3 is 17.9 Å². The quantitative estimate of drug-likeness (QED) is 0.443. The lowest BCUT2D eigenvalue weighted by molar-refractivity contribution is 0.0443. The molecule has 0 spiro atoms. The molecule has 0 atom stereocenters. The lowest BCUT2D eigenvalue weighted by Crippen LogP contribution is -2.05. The zero-order valence-corrected chi connectivity index (χ0v) is 7.72. The van der Waals surface area contributed by atoms with E-state index >= 15 is 0 Å². The lowest BCUT2D eigenvalue weighted by Gasteiger charge is -2.00. The van der Waals surface area contributed by atoms with Gasteiger partial charge in [-0.2, -0.15) is 0 Å². The summed E-state index contributed by atoms with van der Waals surface area (Å²) in [6.45, 7) is 0. The largest absolute Gasteiger partial charge is 0.478 e. The summed E-state index contributed by atoms with van der Waals surface area (Å²) in [6.07, 6.45) is 0.305. The highest BCUT2D eigenvalue weighted by Crippen LogP contribution is 2.23. The Bertz CT molecular complexity index is 542. The van der Waals surface area contributed by atoms with Gasteiger partial charge in [0.15, 0.2) is 6.29 Å². The Hall–Kier alpha value is -2.50. The van der Waals surface area contributed by atoms with Crippen LogP contribution in [0, 0.1) is 0 Å². The Balaban J connectivity index is 2.74. The number of carbonyl (C=O) groups is 4. The van der Waals surface area contributed by atoms with Crippen molar-refractivity contribution in [2.75, 3.05) is 0 Å². The van der Waals surface area contributed by atoms with Crippen LogP contribution in [0.2, 0.25) is 0 Å². The van der Waals surface area contributed by atoms with Crippen LogP contribution in [0.4, 0.5) is 0 Å². The first-order chi connectivity index (χ1) is 7.54. The molecule has 1 aliphatic rings. The van der Waals surface area contributed by atoms with Gasteiger partial charge in [-0.1, -0.05) is 0 Å². The maximum Gasteiger partial charge on any atom is 0.346 e. The number of carboxylic acid groups (broad SMARTS) is 1. The minimum Gasteiger partial charge on any atom is -0.478 e. The van der Waals surface area contributed by atoms with E-state index in [4.69, 9.17) is 5.11 Å². The molecule has 2 rings (SSSR count). The Morgan fingerprint density at radius 2 is 1.75 bits per heavy atom. The first-order valence-electron chi connectivity index (χ1n) is 4.17. The summed E-state index contributed by atoms with van der Waals surface area (Å²) in [7, 11) is 0. The Morgan fingerprint density at radius 3 is 2.25 bits per heavy atom. The standard InChI is InChI=1S/C10H4O6/c11-3-4-1-6-7(2-5(4)8(12)13)10(15)16-9(6)14/h1-3H,(H,12,13). The average Bonchev–Trinajstić information content (AvgIpc) is 2.52. The van der Waals surface area contributed by atoms with E-state index in [-0.39, 0.29) is 22.3 Å². The Kier molecular flexibility index (Phi) is 2.05. The van der Waals surface area contributed by atoms with E-state index in [1.807, 2.05) is 0 Å². The lowest BCUT2D eigenvalue weighted by atomic mass is 10.0. The molecule has 80 valence electrons. The molecule has 1 aliphatic heterocycles. The van der Waals surface area contributed by atoms with Crippen LogP contribution in [0.5, 0.6) is 0 Å². The molecule has 6 nitrogen and oxygen atoms in total. The number of ether oxygens (including phenoxy) is 1. The highest BCUT2D eigenvalue weighted by atomic mass is 16.6. The second kappa shape index (κ2) is 3.27. The van der Waals surface area contributed by atoms with Crippen molar-refractivity contribution < 1.29 is 29.0 Å². The molecule has 0 amide bonds. The van der Waals surface area contributed by atoms with Crippen molar-refractivity contribution in [2.24, 2.45) is 0 Å². The summed E-state index contributed by atoms with van der Waals surface area (Å²) in [5.41, 5.74) is -0.719. The van der Waals surface area contributed by atoms with Crippen molar-refractivity contribution in [1.29, 1.82) is 0 Å². The molecule has 1 N–H and O–H groups in total. The van der Waals surface area contributed by atoms with Crippen LogP contribution in [0.25, 0.3) is 0 Å². The van der Waals surface area contributed by atoms with E-state index in [2.05, 4.69) is 4.74 Å². The second-order valence-corrected chi connectivity index (χ2v) is 3.09. The number of benzene rings is 1. The molecule has 0 bridgehead atoms. The number of fused-ring (bicyclic) bond motifs is 1. The molecule has 0 saturated carbocycles. The smallest absolute Gasteiger partial charge is 0.346 e. The molecule has 0 radical (unpaired) electrons. The van der Waals surface area contributed by atoms with E-state index in [9.17, 15) is 19.2 Å². The first kappa shape index (κ1) is 10.0. The number of hydrogen-bond donors (Lipinski definition) is 1. The minimum absolute atomic E-state index is 0.0860. The number of esters is 2. The highest BCUT2D eigenvalue weighted by molar-refractivity contribution is 6.16. The van der Waals surface area contributed by atoms with Crippen LogP contribution < -0.4 is 0 Å². The topological polar surface area (TPSA) is 97.7 Å². The van der Waals surface area contributed by atoms with Crippen LogP contribution in [0.1, 0.15) is 41.4 Å². The van der Waals surface area contributed by atoms with Crippen LogP contribution in [0.3, 0.4) is 0 Å². The van der Waals surface area contributed by atoms with Crippen molar-refractivity contribution >= 4 is 24.2 Å². The molecule has 16 heavy (non-hydrogen) atoms. The third kappa shape index (κ3) is 1.28. The molecule has 1 aromatic rings. The average molecular weight is 220 g/mol. The molecular weight excluding hydrogens is 216 g/mol. The van der Waals surface area contributed by atoms with Gasteiger partial charge in [0.25, 0.3) is 0 Å². The van der Waals surface area contributed by atoms with Crippen molar-refractivity contribution in [2.45, 2.75) is 0 Å². The van der Waals surface area contributed by atoms with Crippen molar-refractivity contribution in [3.63, 3.8) is 0 Å². The molecule has 0 unspecified atom stereocenters. The summed E-state index contributed by atoms with van der Waals surface area (Å²) in [5.74, 6) is -3.13. The number of cyclic esters (lactones) is 2. The molecule has 1 heterocycles. The Labute approximate surface area is 88.4 Å². The van der Waals surface area contributed by atoms with Crippen molar-refractivity contribution in [3.8, 4) is 0 Å². The number of hydrogen-bond acceptors (Lipinski definition) is 5. The highest BCUT2D eigenvalue weighted by Gasteiger charge is 2.31. The fourth-order valence-electron chi connectivity index (χ4n) is 1.43. The van der Waals surface area contributed by atoms with E-state index < -0.39 is 17.9 Å². The first-order valence-corrected chi connectivity index (χ1v) is 4.17. The van der Waals surface area contributed by atoms with Gasteiger partial charge < -0.3 is 9.84 Å².